The summed E-state index contributed by atoms with van der Waals surface area (Å²) >= 11 is 1.99. The van der Waals surface area contributed by atoms with Gasteiger partial charge in [0.1, 0.15) is 5.69 Å². The topological polar surface area (TPSA) is 74.7 Å². The maximum Gasteiger partial charge on any atom is 0.189 e. The summed E-state index contributed by atoms with van der Waals surface area (Å²) in [6.45, 7) is 0.768. The second-order valence-electron chi connectivity index (χ2n) is 4.43. The van der Waals surface area contributed by atoms with Gasteiger partial charge in [-0.15, -0.1) is 0 Å². The van der Waals surface area contributed by atoms with E-state index in [1.165, 1.54) is 17.9 Å². The molecule has 0 saturated carbocycles. The maximum absolute atomic E-state index is 8.76. The highest BCUT2D eigenvalue weighted by Gasteiger charge is 2.21. The lowest BCUT2D eigenvalue weighted by molar-refractivity contribution is 0.254. The van der Waals surface area contributed by atoms with Crippen LogP contribution in [0.15, 0.2) is 23.5 Å². The lowest BCUT2D eigenvalue weighted by atomic mass is 10.1. The molecular weight excluding hydrogens is 248 g/mol. The molecule has 1 unspecified atom stereocenters. The highest BCUT2D eigenvalue weighted by Crippen LogP contribution is 2.22. The van der Waals surface area contributed by atoms with Crippen molar-refractivity contribution in [2.45, 2.75) is 19.0 Å². The molecule has 6 heteroatoms. The fraction of sp³-hybridized carbons (Fsp3) is 0.500. The van der Waals surface area contributed by atoms with Gasteiger partial charge >= 0.3 is 0 Å². The average Bonchev–Trinajstić information content (AvgIpc) is 2.92. The minimum absolute atomic E-state index is 0.0693. The third-order valence-electron chi connectivity index (χ3n) is 3.19. The Morgan fingerprint density at radius 1 is 1.72 bits per heavy atom. The average molecular weight is 266 g/mol. The standard InChI is InChI=1S/C12H18N4OS/c1-16(10-4-6-18-8-10)7-9-3-2-5-14-11(9)12(13)15-17/h2-3,5,10,17H,4,6-8H2,1H3,(H2,13,15). The van der Waals surface area contributed by atoms with Crippen LogP contribution in [0.3, 0.4) is 0 Å². The van der Waals surface area contributed by atoms with Crippen LogP contribution in [0.2, 0.25) is 0 Å². The Labute approximate surface area is 111 Å². The van der Waals surface area contributed by atoms with E-state index in [2.05, 4.69) is 22.1 Å². The summed E-state index contributed by atoms with van der Waals surface area (Å²) in [5, 5.41) is 11.8. The minimum atomic E-state index is 0.0693. The summed E-state index contributed by atoms with van der Waals surface area (Å²) in [6.07, 6.45) is 2.88. The Balaban J connectivity index is 2.13. The molecule has 1 fully saturated rings. The first-order chi connectivity index (χ1) is 8.72. The number of thioether (sulfide) groups is 1. The quantitative estimate of drug-likeness (QED) is 0.369. The zero-order valence-electron chi connectivity index (χ0n) is 10.4. The minimum Gasteiger partial charge on any atom is -0.409 e. The van der Waals surface area contributed by atoms with E-state index in [0.717, 1.165) is 12.1 Å². The summed E-state index contributed by atoms with van der Waals surface area (Å²) in [5.74, 6) is 2.48. The first kappa shape index (κ1) is 13.2. The molecule has 2 rings (SSSR count). The van der Waals surface area contributed by atoms with Gasteiger partial charge in [-0.25, -0.2) is 0 Å². The van der Waals surface area contributed by atoms with Gasteiger partial charge in [-0.1, -0.05) is 11.2 Å². The van der Waals surface area contributed by atoms with Crippen LogP contribution >= 0.6 is 11.8 Å². The third-order valence-corrected chi connectivity index (χ3v) is 4.34. The van der Waals surface area contributed by atoms with E-state index in [0.29, 0.717) is 11.7 Å². The molecule has 0 radical (unpaired) electrons. The highest BCUT2D eigenvalue weighted by molar-refractivity contribution is 7.99. The molecular formula is C12H18N4OS. The molecule has 98 valence electrons. The van der Waals surface area contributed by atoms with E-state index >= 15 is 0 Å². The van der Waals surface area contributed by atoms with Crippen molar-refractivity contribution in [2.75, 3.05) is 18.6 Å². The summed E-state index contributed by atoms with van der Waals surface area (Å²) in [6, 6.07) is 4.45. The molecule has 2 heterocycles. The molecule has 18 heavy (non-hydrogen) atoms. The van der Waals surface area contributed by atoms with Gasteiger partial charge in [-0.2, -0.15) is 11.8 Å². The maximum atomic E-state index is 8.76. The number of nitrogens with two attached hydrogens (primary N) is 1. The van der Waals surface area contributed by atoms with E-state index in [-0.39, 0.29) is 5.84 Å². The Morgan fingerprint density at radius 3 is 3.22 bits per heavy atom. The Morgan fingerprint density at radius 2 is 2.56 bits per heavy atom. The van der Waals surface area contributed by atoms with E-state index in [4.69, 9.17) is 10.9 Å². The number of aromatic nitrogens is 1. The molecule has 0 spiro atoms. The van der Waals surface area contributed by atoms with Crippen LogP contribution in [0.5, 0.6) is 0 Å². The molecule has 0 bridgehead atoms. The van der Waals surface area contributed by atoms with Crippen LogP contribution in [-0.2, 0) is 6.54 Å². The predicted octanol–water partition coefficient (Wildman–Crippen LogP) is 1.11. The molecule has 3 N–H and O–H groups in total. The third kappa shape index (κ3) is 2.94. The van der Waals surface area contributed by atoms with E-state index in [9.17, 15) is 0 Å². The van der Waals surface area contributed by atoms with Gasteiger partial charge < -0.3 is 10.9 Å². The Bertz CT molecular complexity index is 432. The number of hydrogen-bond acceptors (Lipinski definition) is 5. The van der Waals surface area contributed by atoms with E-state index < -0.39 is 0 Å². The van der Waals surface area contributed by atoms with Crippen molar-refractivity contribution >= 4 is 17.6 Å². The number of oxime groups is 1. The first-order valence-corrected chi connectivity index (χ1v) is 7.07. The number of amidine groups is 1. The highest BCUT2D eigenvalue weighted by atomic mass is 32.2. The van der Waals surface area contributed by atoms with Gasteiger partial charge in [0.25, 0.3) is 0 Å². The molecule has 1 atom stereocenters. The van der Waals surface area contributed by atoms with Crippen LogP contribution in [0, 0.1) is 0 Å². The number of pyridine rings is 1. The van der Waals surface area contributed by atoms with Crippen LogP contribution < -0.4 is 5.73 Å². The molecule has 1 aromatic heterocycles. The zero-order chi connectivity index (χ0) is 13.0. The van der Waals surface area contributed by atoms with Crippen molar-refractivity contribution < 1.29 is 5.21 Å². The normalized spacial score (nSPS) is 20.6. The number of hydrogen-bond donors (Lipinski definition) is 2. The largest absolute Gasteiger partial charge is 0.409 e. The van der Waals surface area contributed by atoms with Gasteiger partial charge in [0, 0.05) is 24.5 Å². The van der Waals surface area contributed by atoms with Crippen LogP contribution in [-0.4, -0.2) is 45.5 Å². The lowest BCUT2D eigenvalue weighted by Crippen LogP contribution is -2.32. The first-order valence-electron chi connectivity index (χ1n) is 5.92. The SMILES string of the molecule is CN(Cc1cccnc1C(N)=NO)C1CCSC1. The molecule has 0 aromatic carbocycles. The van der Waals surface area contributed by atoms with Crippen LogP contribution in [0.1, 0.15) is 17.7 Å². The fourth-order valence-electron chi connectivity index (χ4n) is 2.11. The predicted molar refractivity (Wildman–Crippen MR) is 73.9 cm³/mol. The second kappa shape index (κ2) is 6.06. The Kier molecular flexibility index (Phi) is 4.43. The van der Waals surface area contributed by atoms with Crippen molar-refractivity contribution in [3.05, 3.63) is 29.6 Å². The zero-order valence-corrected chi connectivity index (χ0v) is 11.2. The van der Waals surface area contributed by atoms with Crippen LogP contribution in [0.25, 0.3) is 0 Å². The molecule has 1 aliphatic heterocycles. The van der Waals surface area contributed by atoms with Gasteiger partial charge in [0.2, 0.25) is 0 Å². The van der Waals surface area contributed by atoms with Crippen LogP contribution in [0.4, 0.5) is 0 Å². The number of nitrogens with zero attached hydrogens (tertiary/aromatic N) is 3. The molecule has 5 nitrogen and oxygen atoms in total. The van der Waals surface area contributed by atoms with Gasteiger partial charge in [0.15, 0.2) is 5.84 Å². The summed E-state index contributed by atoms with van der Waals surface area (Å²) in [4.78, 5) is 6.49. The summed E-state index contributed by atoms with van der Waals surface area (Å²) in [7, 11) is 2.11. The van der Waals surface area contributed by atoms with Crippen molar-refractivity contribution in [1.29, 1.82) is 0 Å². The van der Waals surface area contributed by atoms with Crippen molar-refractivity contribution in [2.24, 2.45) is 10.9 Å². The fourth-order valence-corrected chi connectivity index (χ4v) is 3.41. The van der Waals surface area contributed by atoms with Gasteiger partial charge in [-0.05, 0) is 30.9 Å². The molecule has 1 saturated heterocycles. The summed E-state index contributed by atoms with van der Waals surface area (Å²) < 4.78 is 0. The molecule has 0 amide bonds. The number of rotatable bonds is 4. The summed E-state index contributed by atoms with van der Waals surface area (Å²) in [5.41, 5.74) is 7.20. The van der Waals surface area contributed by atoms with E-state index in [1.54, 1.807) is 6.20 Å². The monoisotopic (exact) mass is 266 g/mol. The van der Waals surface area contributed by atoms with Gasteiger partial charge in [-0.3, -0.25) is 9.88 Å². The second-order valence-corrected chi connectivity index (χ2v) is 5.58. The van der Waals surface area contributed by atoms with Crippen molar-refractivity contribution in [1.82, 2.24) is 9.88 Å². The molecule has 0 aliphatic carbocycles. The van der Waals surface area contributed by atoms with Gasteiger partial charge in [0.05, 0.1) is 0 Å². The van der Waals surface area contributed by atoms with E-state index in [1.807, 2.05) is 23.9 Å². The lowest BCUT2D eigenvalue weighted by Gasteiger charge is -2.24. The van der Waals surface area contributed by atoms with Crippen molar-refractivity contribution in [3.8, 4) is 0 Å². The molecule has 1 aromatic rings. The molecule has 1 aliphatic rings. The smallest absolute Gasteiger partial charge is 0.189 e. The Hall–Kier alpha value is -1.27. The van der Waals surface area contributed by atoms with Crippen molar-refractivity contribution in [3.63, 3.8) is 0 Å².